The molecule has 0 unspecified atom stereocenters. The van der Waals surface area contributed by atoms with Crippen LogP contribution in [0.1, 0.15) is 19.3 Å². The Labute approximate surface area is 126 Å². The van der Waals surface area contributed by atoms with E-state index in [0.717, 1.165) is 16.5 Å². The molecule has 1 saturated heterocycles. The summed E-state index contributed by atoms with van der Waals surface area (Å²) in [7, 11) is 2.32. The van der Waals surface area contributed by atoms with Crippen LogP contribution in [-0.2, 0) is 0 Å². The highest BCUT2D eigenvalue weighted by atomic mass is 16.5. The molecule has 0 amide bonds. The highest BCUT2D eigenvalue weighted by Gasteiger charge is 2.24. The summed E-state index contributed by atoms with van der Waals surface area (Å²) in [6, 6.07) is 5.84. The second-order valence-corrected chi connectivity index (χ2v) is 5.95. The van der Waals surface area contributed by atoms with Crippen molar-refractivity contribution < 1.29 is 9.22 Å². The number of likely N-dealkylation sites (N-methyl/N-ethyl adjacent to an activating group) is 1. The fourth-order valence-corrected chi connectivity index (χ4v) is 2.96. The molecule has 21 heavy (non-hydrogen) atoms. The van der Waals surface area contributed by atoms with Gasteiger partial charge in [-0.25, -0.2) is 4.52 Å². The zero-order valence-corrected chi connectivity index (χ0v) is 13.1. The number of hydrogen-bond donors (Lipinski definition) is 1. The molecule has 0 aromatic carbocycles. The van der Waals surface area contributed by atoms with Gasteiger partial charge >= 0.3 is 0 Å². The van der Waals surface area contributed by atoms with Crippen LogP contribution < -0.4 is 10.5 Å². The van der Waals surface area contributed by atoms with Crippen molar-refractivity contribution >= 4 is 11.2 Å². The van der Waals surface area contributed by atoms with Crippen molar-refractivity contribution in [3.63, 3.8) is 0 Å². The van der Waals surface area contributed by atoms with Crippen LogP contribution in [0.25, 0.3) is 5.52 Å². The van der Waals surface area contributed by atoms with E-state index in [-0.39, 0.29) is 7.43 Å². The Bertz CT molecular complexity index is 587. The number of nitrogens with two attached hydrogens (primary N) is 1. The van der Waals surface area contributed by atoms with E-state index in [4.69, 9.17) is 10.5 Å². The topological polar surface area (TPSA) is 52.5 Å². The minimum Gasteiger partial charge on any atom is -0.469 e. The number of anilines is 1. The molecule has 2 aromatic rings. The summed E-state index contributed by atoms with van der Waals surface area (Å²) in [6.45, 7) is 4.20. The van der Waals surface area contributed by atoms with Crippen LogP contribution in [0.15, 0.2) is 24.4 Å². The number of nitrogens with zero attached hydrogens (tertiary/aromatic N) is 3. The average Bonchev–Trinajstić information content (AvgIpc) is 2.77. The highest BCUT2D eigenvalue weighted by molar-refractivity contribution is 5.74. The minimum atomic E-state index is 0. The lowest BCUT2D eigenvalue weighted by Crippen LogP contribution is -2.50. The molecule has 0 radical (unpaired) electrons. The number of quaternary nitrogens is 1. The smallest absolute Gasteiger partial charge is 0.257 e. The Hall–Kier alpha value is -1.75. The molecule has 0 atom stereocenters. The molecule has 0 spiro atoms. The first kappa shape index (κ1) is 15.6. The summed E-state index contributed by atoms with van der Waals surface area (Å²) in [5, 5.41) is 4.38. The molecule has 116 valence electrons. The number of nitrogen functional groups attached to an aromatic ring is 1. The Morgan fingerprint density at radius 2 is 2.05 bits per heavy atom. The number of rotatable bonds is 4. The lowest BCUT2D eigenvalue weighted by molar-refractivity contribution is -0.914. The van der Waals surface area contributed by atoms with Crippen LogP contribution in [0, 0.1) is 7.43 Å². The molecule has 5 heteroatoms. The van der Waals surface area contributed by atoms with Crippen LogP contribution in [0.4, 0.5) is 5.69 Å². The van der Waals surface area contributed by atoms with Crippen molar-refractivity contribution in [1.82, 2.24) is 9.61 Å². The summed E-state index contributed by atoms with van der Waals surface area (Å²) in [4.78, 5) is 0. The molecule has 2 aromatic heterocycles. The fraction of sp³-hybridized carbons (Fsp3) is 0.500. The first-order valence-corrected chi connectivity index (χ1v) is 7.37. The third-order valence-corrected chi connectivity index (χ3v) is 4.31. The van der Waals surface area contributed by atoms with E-state index >= 15 is 0 Å². The number of fused-ring (bicyclic) bond motifs is 1. The summed E-state index contributed by atoms with van der Waals surface area (Å²) in [5.74, 6) is 0.555. The molecule has 3 rings (SSSR count). The number of hydrogen-bond acceptors (Lipinski definition) is 3. The van der Waals surface area contributed by atoms with E-state index in [0.29, 0.717) is 18.2 Å². The zero-order chi connectivity index (χ0) is 14.0. The van der Waals surface area contributed by atoms with Gasteiger partial charge in [0.1, 0.15) is 18.8 Å². The van der Waals surface area contributed by atoms with Gasteiger partial charge in [-0.1, -0.05) is 6.07 Å². The van der Waals surface area contributed by atoms with Crippen LogP contribution in [0.2, 0.25) is 0 Å². The Balaban J connectivity index is 0.00000161. The molecular formula is C16H26N4O. The van der Waals surface area contributed by atoms with E-state index in [2.05, 4.69) is 12.1 Å². The molecule has 0 aliphatic carbocycles. The van der Waals surface area contributed by atoms with Crippen LogP contribution in [-0.4, -0.2) is 47.4 Å². The van der Waals surface area contributed by atoms with Gasteiger partial charge in [-0.05, 0) is 31.4 Å². The number of pyridine rings is 1. The molecule has 3 heterocycles. The van der Waals surface area contributed by atoms with Crippen LogP contribution >= 0.6 is 0 Å². The van der Waals surface area contributed by atoms with Gasteiger partial charge in [0.25, 0.3) is 5.88 Å². The van der Waals surface area contributed by atoms with Crippen molar-refractivity contribution in [3.8, 4) is 5.88 Å². The maximum atomic E-state index is 6.08. The summed E-state index contributed by atoms with van der Waals surface area (Å²) in [5.41, 5.74) is 7.61. The second kappa shape index (κ2) is 6.35. The Kier molecular flexibility index (Phi) is 4.73. The van der Waals surface area contributed by atoms with E-state index < -0.39 is 0 Å². The van der Waals surface area contributed by atoms with Gasteiger partial charge in [-0.2, -0.15) is 0 Å². The van der Waals surface area contributed by atoms with Gasteiger partial charge in [0.15, 0.2) is 0 Å². The van der Waals surface area contributed by atoms with Crippen LogP contribution in [0.3, 0.4) is 0 Å². The van der Waals surface area contributed by atoms with E-state index in [1.165, 1.54) is 32.4 Å². The largest absolute Gasteiger partial charge is 0.469 e. The number of ether oxygens (including phenoxy) is 1. The third-order valence-electron chi connectivity index (χ3n) is 4.31. The predicted octanol–water partition coefficient (Wildman–Crippen LogP) is 2.38. The van der Waals surface area contributed by atoms with Crippen molar-refractivity contribution in [1.29, 1.82) is 0 Å². The van der Waals surface area contributed by atoms with Crippen molar-refractivity contribution in [3.05, 3.63) is 31.8 Å². The lowest BCUT2D eigenvalue weighted by Gasteiger charge is -2.37. The highest BCUT2D eigenvalue weighted by Crippen LogP contribution is 2.25. The van der Waals surface area contributed by atoms with Crippen molar-refractivity contribution in [2.24, 2.45) is 0 Å². The summed E-state index contributed by atoms with van der Waals surface area (Å²) >= 11 is 0. The maximum absolute atomic E-state index is 6.08. The average molecular weight is 290 g/mol. The second-order valence-electron chi connectivity index (χ2n) is 5.95. The zero-order valence-electron chi connectivity index (χ0n) is 13.1. The summed E-state index contributed by atoms with van der Waals surface area (Å²) in [6.07, 6.45) is 5.91. The van der Waals surface area contributed by atoms with Gasteiger partial charge in [0.2, 0.25) is 0 Å². The Morgan fingerprint density at radius 1 is 1.29 bits per heavy atom. The molecule has 0 bridgehead atoms. The Morgan fingerprint density at radius 3 is 2.76 bits per heavy atom. The normalized spacial score (nSPS) is 17.4. The van der Waals surface area contributed by atoms with Gasteiger partial charge < -0.3 is 22.4 Å². The molecule has 0 saturated carbocycles. The van der Waals surface area contributed by atoms with Gasteiger partial charge in [-0.3, -0.25) is 0 Å². The number of aromatic nitrogens is 2. The molecule has 1 aliphatic heterocycles. The number of likely N-dealkylation sites (tertiary alicyclic amines) is 1. The molecule has 5 nitrogen and oxygen atoms in total. The predicted molar refractivity (Wildman–Crippen MR) is 86.1 cm³/mol. The van der Waals surface area contributed by atoms with Gasteiger partial charge in [-0.15, -0.1) is 5.10 Å². The van der Waals surface area contributed by atoms with Crippen molar-refractivity contribution in [2.45, 2.75) is 19.3 Å². The SMILES string of the molecule is C[N+]1(CCOc2nn3ccccc3c2N)CCCCC1.[CH3-]. The molecule has 1 fully saturated rings. The lowest BCUT2D eigenvalue weighted by atomic mass is 10.1. The van der Waals surface area contributed by atoms with E-state index in [1.807, 2.05) is 24.4 Å². The summed E-state index contributed by atoms with van der Waals surface area (Å²) < 4.78 is 8.69. The fourth-order valence-electron chi connectivity index (χ4n) is 2.96. The van der Waals surface area contributed by atoms with E-state index in [1.54, 1.807) is 4.52 Å². The molecular weight excluding hydrogens is 264 g/mol. The standard InChI is InChI=1S/C15H23N4O.CH3/c1-19(9-5-2-6-10-19)11-12-20-15-14(16)13-7-3-4-8-18(13)17-15;/h3-4,7-8H,2,5-6,9-12,16H2,1H3;1H3/q+1;-1. The third kappa shape index (κ3) is 3.29. The first-order valence-electron chi connectivity index (χ1n) is 7.37. The van der Waals surface area contributed by atoms with Gasteiger partial charge in [0, 0.05) is 6.20 Å². The molecule has 1 aliphatic rings. The first-order chi connectivity index (χ1) is 9.68. The molecule has 2 N–H and O–H groups in total. The number of piperidine rings is 1. The monoisotopic (exact) mass is 290 g/mol. The van der Waals surface area contributed by atoms with Crippen molar-refractivity contribution in [2.75, 3.05) is 39.0 Å². The van der Waals surface area contributed by atoms with Crippen LogP contribution in [0.5, 0.6) is 5.88 Å². The van der Waals surface area contributed by atoms with E-state index in [9.17, 15) is 0 Å². The quantitative estimate of drug-likeness (QED) is 0.695. The van der Waals surface area contributed by atoms with Gasteiger partial charge in [0.05, 0.1) is 25.7 Å². The minimum absolute atomic E-state index is 0. The maximum Gasteiger partial charge on any atom is 0.257 e.